The lowest BCUT2D eigenvalue weighted by Gasteiger charge is -2.43. The van der Waals surface area contributed by atoms with E-state index < -0.39 is 40.2 Å². The smallest absolute Gasteiger partial charge is 0.310 e. The summed E-state index contributed by atoms with van der Waals surface area (Å²) in [5, 5.41) is 10.4. The fourth-order valence-electron chi connectivity index (χ4n) is 6.46. The number of aliphatic hydroxyl groups is 1. The summed E-state index contributed by atoms with van der Waals surface area (Å²) in [6.07, 6.45) is 4.87. The van der Waals surface area contributed by atoms with Crippen LogP contribution in [0, 0.1) is 11.8 Å². The SMILES string of the molecule is C=CCCOC(=O)[C@H]1[C@H]2C(=O)N([C@@H](CO)Cc3ccccc3)C(C(=O)N(CC=C)C(C)(C)C)C23CC(Br)[C@@H]1S3. The number of carbonyl (C=O) groups excluding carboxylic acids is 3. The lowest BCUT2D eigenvalue weighted by Crippen LogP contribution is -2.61. The third-order valence-corrected chi connectivity index (χ3v) is 11.3. The zero-order valence-corrected chi connectivity index (χ0v) is 25.3. The maximum atomic E-state index is 14.6. The van der Waals surface area contributed by atoms with Crippen LogP contribution < -0.4 is 0 Å². The number of amides is 2. The van der Waals surface area contributed by atoms with E-state index in [9.17, 15) is 19.5 Å². The number of hydrogen-bond donors (Lipinski definition) is 1. The molecule has 212 valence electrons. The highest BCUT2D eigenvalue weighted by Crippen LogP contribution is 2.68. The first kappa shape index (κ1) is 29.9. The van der Waals surface area contributed by atoms with Crippen LogP contribution in [0.15, 0.2) is 55.6 Å². The van der Waals surface area contributed by atoms with Gasteiger partial charge in [0.15, 0.2) is 0 Å². The van der Waals surface area contributed by atoms with Gasteiger partial charge in [-0.15, -0.1) is 24.9 Å². The molecular weight excluding hydrogens is 580 g/mol. The van der Waals surface area contributed by atoms with E-state index in [4.69, 9.17) is 4.74 Å². The molecule has 3 unspecified atom stereocenters. The number of rotatable bonds is 11. The summed E-state index contributed by atoms with van der Waals surface area (Å²) in [5.41, 5.74) is 0.431. The number of halogens is 1. The minimum absolute atomic E-state index is 0.0528. The Labute approximate surface area is 244 Å². The molecule has 1 aromatic rings. The fraction of sp³-hybridized carbons (Fsp3) is 0.567. The first-order chi connectivity index (χ1) is 18.5. The van der Waals surface area contributed by atoms with Crippen molar-refractivity contribution in [3.8, 4) is 0 Å². The highest BCUT2D eigenvalue weighted by atomic mass is 79.9. The van der Waals surface area contributed by atoms with Gasteiger partial charge >= 0.3 is 5.97 Å². The van der Waals surface area contributed by atoms with E-state index in [-0.39, 0.29) is 35.1 Å². The molecule has 1 spiro atoms. The van der Waals surface area contributed by atoms with E-state index in [1.807, 2.05) is 51.1 Å². The summed E-state index contributed by atoms with van der Waals surface area (Å²) in [6, 6.07) is 8.19. The van der Waals surface area contributed by atoms with Gasteiger partial charge in [0.05, 0.1) is 35.8 Å². The maximum Gasteiger partial charge on any atom is 0.310 e. The molecule has 3 heterocycles. The van der Waals surface area contributed by atoms with Gasteiger partial charge < -0.3 is 19.6 Å². The number of likely N-dealkylation sites (tertiary alicyclic amines) is 1. The lowest BCUT2D eigenvalue weighted by molar-refractivity contribution is -0.154. The number of carbonyl (C=O) groups is 3. The van der Waals surface area contributed by atoms with E-state index in [2.05, 4.69) is 29.1 Å². The second-order valence-corrected chi connectivity index (χ2v) is 14.3. The quantitative estimate of drug-likeness (QED) is 0.175. The van der Waals surface area contributed by atoms with Crippen LogP contribution in [0.4, 0.5) is 0 Å². The van der Waals surface area contributed by atoms with Gasteiger partial charge in [-0.05, 0) is 45.6 Å². The van der Waals surface area contributed by atoms with Crippen molar-refractivity contribution in [3.05, 3.63) is 61.2 Å². The molecule has 3 aliphatic heterocycles. The van der Waals surface area contributed by atoms with Gasteiger partial charge in [0.1, 0.15) is 6.04 Å². The molecule has 1 N–H and O–H groups in total. The van der Waals surface area contributed by atoms with Crippen molar-refractivity contribution in [1.82, 2.24) is 9.80 Å². The Morgan fingerprint density at radius 3 is 2.56 bits per heavy atom. The van der Waals surface area contributed by atoms with E-state index in [0.29, 0.717) is 25.8 Å². The molecule has 3 saturated heterocycles. The summed E-state index contributed by atoms with van der Waals surface area (Å²) in [5.74, 6) is -2.23. The number of alkyl halides is 1. The van der Waals surface area contributed by atoms with E-state index in [0.717, 1.165) is 5.56 Å². The molecule has 0 aliphatic carbocycles. The van der Waals surface area contributed by atoms with Crippen LogP contribution >= 0.6 is 27.7 Å². The largest absolute Gasteiger partial charge is 0.465 e. The van der Waals surface area contributed by atoms with Crippen LogP contribution in [-0.2, 0) is 25.5 Å². The van der Waals surface area contributed by atoms with Gasteiger partial charge in [0, 0.05) is 22.2 Å². The van der Waals surface area contributed by atoms with Gasteiger partial charge in [0.25, 0.3) is 0 Å². The molecule has 39 heavy (non-hydrogen) atoms. The average molecular weight is 620 g/mol. The van der Waals surface area contributed by atoms with Gasteiger partial charge in [-0.1, -0.05) is 58.4 Å². The molecule has 9 heteroatoms. The molecule has 2 bridgehead atoms. The van der Waals surface area contributed by atoms with Crippen molar-refractivity contribution < 1.29 is 24.2 Å². The molecule has 0 radical (unpaired) electrons. The Hall–Kier alpha value is -2.10. The average Bonchev–Trinajstić information content (AvgIpc) is 3.49. The number of ether oxygens (including phenoxy) is 1. The van der Waals surface area contributed by atoms with Crippen molar-refractivity contribution >= 4 is 45.5 Å². The zero-order chi connectivity index (χ0) is 28.5. The van der Waals surface area contributed by atoms with Crippen molar-refractivity contribution in [2.24, 2.45) is 11.8 Å². The molecule has 3 fully saturated rings. The number of nitrogens with zero attached hydrogens (tertiary/aromatic N) is 2. The number of esters is 1. The van der Waals surface area contributed by atoms with Crippen molar-refractivity contribution in [2.45, 2.75) is 72.5 Å². The van der Waals surface area contributed by atoms with Crippen molar-refractivity contribution in [1.29, 1.82) is 0 Å². The molecule has 7 nitrogen and oxygen atoms in total. The van der Waals surface area contributed by atoms with E-state index in [1.165, 1.54) is 0 Å². The van der Waals surface area contributed by atoms with Crippen LogP contribution in [-0.4, -0.2) is 84.9 Å². The summed E-state index contributed by atoms with van der Waals surface area (Å²) in [4.78, 5) is 45.8. The molecule has 7 atom stereocenters. The normalized spacial score (nSPS) is 30.1. The number of thioether (sulfide) groups is 1. The fourth-order valence-corrected chi connectivity index (χ4v) is 10.0. The van der Waals surface area contributed by atoms with Crippen LogP contribution in [0.1, 0.15) is 39.2 Å². The van der Waals surface area contributed by atoms with Gasteiger partial charge in [-0.3, -0.25) is 14.4 Å². The predicted octanol–water partition coefficient (Wildman–Crippen LogP) is 3.99. The summed E-state index contributed by atoms with van der Waals surface area (Å²) in [6.45, 7) is 13.7. The first-order valence-corrected chi connectivity index (χ1v) is 15.3. The third kappa shape index (κ3) is 5.34. The van der Waals surface area contributed by atoms with Crippen LogP contribution in [0.5, 0.6) is 0 Å². The molecule has 0 aromatic heterocycles. The second-order valence-electron chi connectivity index (χ2n) is 11.6. The molecular formula is C30H39BrN2O5S. The number of benzene rings is 1. The standard InChI is InChI=1S/C30H39BrN2O5S/c1-6-8-15-38-28(37)22-23-26(35)33(20(18-34)16-19-12-10-9-11-13-19)25(30(23)17-21(31)24(22)39-30)27(36)32(14-7-2)29(3,4)5/h6-7,9-13,20-25,34H,1-2,8,14-18H2,3-5H3/t20-,21?,22+,23+,24+,25?,30?/m1/s1. The Morgan fingerprint density at radius 2 is 1.97 bits per heavy atom. The summed E-state index contributed by atoms with van der Waals surface area (Å²) in [7, 11) is 0. The highest BCUT2D eigenvalue weighted by Gasteiger charge is 2.76. The molecule has 3 aliphatic rings. The summed E-state index contributed by atoms with van der Waals surface area (Å²) >= 11 is 5.36. The molecule has 4 rings (SSSR count). The third-order valence-electron chi connectivity index (χ3n) is 8.11. The van der Waals surface area contributed by atoms with Crippen molar-refractivity contribution in [3.63, 3.8) is 0 Å². The van der Waals surface area contributed by atoms with Crippen LogP contribution in [0.3, 0.4) is 0 Å². The zero-order valence-electron chi connectivity index (χ0n) is 22.9. The van der Waals surface area contributed by atoms with E-state index >= 15 is 0 Å². The number of aliphatic hydroxyl groups excluding tert-OH is 1. The minimum Gasteiger partial charge on any atom is -0.465 e. The van der Waals surface area contributed by atoms with Crippen LogP contribution in [0.2, 0.25) is 0 Å². The van der Waals surface area contributed by atoms with Gasteiger partial charge in [-0.2, -0.15) is 0 Å². The van der Waals surface area contributed by atoms with Crippen LogP contribution in [0.25, 0.3) is 0 Å². The molecule has 0 saturated carbocycles. The molecule has 1 aromatic carbocycles. The van der Waals surface area contributed by atoms with Crippen molar-refractivity contribution in [2.75, 3.05) is 19.8 Å². The monoisotopic (exact) mass is 618 g/mol. The summed E-state index contributed by atoms with van der Waals surface area (Å²) < 4.78 is 4.79. The Morgan fingerprint density at radius 1 is 1.28 bits per heavy atom. The number of fused-ring (bicyclic) bond motifs is 1. The molecule has 2 amide bonds. The van der Waals surface area contributed by atoms with Gasteiger partial charge in [-0.25, -0.2) is 0 Å². The van der Waals surface area contributed by atoms with Gasteiger partial charge in [0.2, 0.25) is 11.8 Å². The predicted molar refractivity (Wildman–Crippen MR) is 158 cm³/mol. The Kier molecular flexibility index (Phi) is 9.03. The highest BCUT2D eigenvalue weighted by molar-refractivity contribution is 9.09. The second kappa shape index (κ2) is 11.8. The minimum atomic E-state index is -0.837. The Balaban J connectivity index is 1.80. The Bertz CT molecular complexity index is 1110. The first-order valence-electron chi connectivity index (χ1n) is 13.5. The lowest BCUT2D eigenvalue weighted by atomic mass is 9.71. The number of hydrogen-bond acceptors (Lipinski definition) is 6. The topological polar surface area (TPSA) is 87.1 Å². The maximum absolute atomic E-state index is 14.6. The van der Waals surface area contributed by atoms with E-state index in [1.54, 1.807) is 33.7 Å².